The van der Waals surface area contributed by atoms with E-state index in [1.165, 1.54) is 0 Å². The molecular formula is C21H32N2O4. The first-order valence-corrected chi connectivity index (χ1v) is 8.98. The number of carbonyl (C=O) groups excluding carboxylic acids is 2. The zero-order chi connectivity index (χ0) is 21.0. The van der Waals surface area contributed by atoms with Gasteiger partial charge in [-0.25, -0.2) is 9.59 Å². The zero-order valence-electron chi connectivity index (χ0n) is 17.1. The lowest BCUT2D eigenvalue weighted by molar-refractivity contribution is -0.139. The highest BCUT2D eigenvalue weighted by Crippen LogP contribution is 2.20. The highest BCUT2D eigenvalue weighted by Gasteiger charge is 2.11. The molecule has 150 valence electrons. The number of benzene rings is 1. The van der Waals surface area contributed by atoms with Crippen molar-refractivity contribution in [2.45, 2.75) is 34.6 Å². The van der Waals surface area contributed by atoms with Crippen LogP contribution in [0.5, 0.6) is 0 Å². The molecule has 0 aromatic heterocycles. The lowest BCUT2D eigenvalue weighted by atomic mass is 10.1. The van der Waals surface area contributed by atoms with Crippen LogP contribution >= 0.6 is 0 Å². The van der Waals surface area contributed by atoms with Crippen molar-refractivity contribution in [3.63, 3.8) is 0 Å². The summed E-state index contributed by atoms with van der Waals surface area (Å²) < 4.78 is 10.3. The topological polar surface area (TPSA) is 81.9 Å². The van der Waals surface area contributed by atoms with Gasteiger partial charge in [0.05, 0.1) is 13.1 Å². The molecule has 0 amide bonds. The van der Waals surface area contributed by atoms with Gasteiger partial charge in [0.2, 0.25) is 0 Å². The maximum absolute atomic E-state index is 11.5. The quantitative estimate of drug-likeness (QED) is 0.402. The molecule has 6 heteroatoms. The molecule has 0 saturated heterocycles. The molecule has 0 aliphatic carbocycles. The second-order valence-corrected chi connectivity index (χ2v) is 5.86. The van der Waals surface area contributed by atoms with Gasteiger partial charge in [0, 0.05) is 22.5 Å². The van der Waals surface area contributed by atoms with Crippen LogP contribution in [-0.4, -0.2) is 38.2 Å². The van der Waals surface area contributed by atoms with Gasteiger partial charge >= 0.3 is 11.9 Å². The Morgan fingerprint density at radius 1 is 1.00 bits per heavy atom. The smallest absolute Gasteiger partial charge is 0.333 e. The highest BCUT2D eigenvalue weighted by atomic mass is 16.5. The standard InChI is InChI=1S/C19H26N2O4.C2H6/c1-13(2)18(22)24-10-8-21(9-11-25-19(23)14(3)4)16-6-7-17(20)15(5)12-16;1-2/h6-7,12H,1,3,8-11,20H2,2,4-5H3;1-2H3. The van der Waals surface area contributed by atoms with Crippen LogP contribution in [0, 0.1) is 6.92 Å². The fourth-order valence-electron chi connectivity index (χ4n) is 1.97. The number of aryl methyl sites for hydroxylation is 1. The summed E-state index contributed by atoms with van der Waals surface area (Å²) in [5.74, 6) is -0.857. The Balaban J connectivity index is 0.00000326. The van der Waals surface area contributed by atoms with Gasteiger partial charge in [-0.05, 0) is 44.5 Å². The highest BCUT2D eigenvalue weighted by molar-refractivity contribution is 5.87. The van der Waals surface area contributed by atoms with Crippen molar-refractivity contribution >= 4 is 23.3 Å². The minimum atomic E-state index is -0.429. The number of esters is 2. The van der Waals surface area contributed by atoms with E-state index in [1.54, 1.807) is 13.8 Å². The Labute approximate surface area is 162 Å². The van der Waals surface area contributed by atoms with Crippen molar-refractivity contribution in [1.29, 1.82) is 0 Å². The fourth-order valence-corrected chi connectivity index (χ4v) is 1.97. The maximum atomic E-state index is 11.5. The summed E-state index contributed by atoms with van der Waals surface area (Å²) >= 11 is 0. The van der Waals surface area contributed by atoms with Crippen LogP contribution in [0.25, 0.3) is 0 Å². The number of anilines is 2. The van der Waals surface area contributed by atoms with Crippen molar-refractivity contribution in [2.24, 2.45) is 0 Å². The monoisotopic (exact) mass is 376 g/mol. The normalized spacial score (nSPS) is 9.52. The van der Waals surface area contributed by atoms with Crippen LogP contribution in [0.3, 0.4) is 0 Å². The second kappa shape index (κ2) is 12.6. The molecule has 0 radical (unpaired) electrons. The third kappa shape index (κ3) is 8.94. The average Bonchev–Trinajstić information content (AvgIpc) is 2.63. The molecule has 1 aromatic carbocycles. The van der Waals surface area contributed by atoms with Gasteiger partial charge in [-0.1, -0.05) is 27.0 Å². The Bertz CT molecular complexity index is 636. The molecule has 0 atom stereocenters. The van der Waals surface area contributed by atoms with Gasteiger partial charge < -0.3 is 20.1 Å². The summed E-state index contributed by atoms with van der Waals surface area (Å²) in [4.78, 5) is 25.0. The first-order chi connectivity index (χ1) is 12.7. The molecule has 0 aliphatic heterocycles. The fraction of sp³-hybridized carbons (Fsp3) is 0.429. The van der Waals surface area contributed by atoms with Crippen LogP contribution < -0.4 is 10.6 Å². The number of hydrogen-bond donors (Lipinski definition) is 1. The van der Waals surface area contributed by atoms with E-state index in [2.05, 4.69) is 13.2 Å². The molecule has 0 aliphatic rings. The van der Waals surface area contributed by atoms with Gasteiger partial charge in [0.1, 0.15) is 13.2 Å². The summed E-state index contributed by atoms with van der Waals surface area (Å²) in [6.07, 6.45) is 0. The van der Waals surface area contributed by atoms with Crippen LogP contribution in [0.2, 0.25) is 0 Å². The molecule has 1 rings (SSSR count). The van der Waals surface area contributed by atoms with Crippen LogP contribution in [0.4, 0.5) is 11.4 Å². The molecule has 0 heterocycles. The molecule has 0 saturated carbocycles. The molecule has 0 fully saturated rings. The molecular weight excluding hydrogens is 344 g/mol. The molecule has 1 aromatic rings. The van der Waals surface area contributed by atoms with E-state index >= 15 is 0 Å². The number of hydrogen-bond acceptors (Lipinski definition) is 6. The Morgan fingerprint density at radius 3 is 1.81 bits per heavy atom. The first kappa shape index (κ1) is 24.2. The van der Waals surface area contributed by atoms with Crippen molar-refractivity contribution in [3.05, 3.63) is 48.1 Å². The Morgan fingerprint density at radius 2 is 1.44 bits per heavy atom. The van der Waals surface area contributed by atoms with Crippen LogP contribution in [0.15, 0.2) is 42.5 Å². The molecule has 0 bridgehead atoms. The zero-order valence-corrected chi connectivity index (χ0v) is 17.1. The number of nitrogens with two attached hydrogens (primary N) is 1. The van der Waals surface area contributed by atoms with Crippen molar-refractivity contribution < 1.29 is 19.1 Å². The number of carbonyl (C=O) groups is 2. The van der Waals surface area contributed by atoms with E-state index in [0.717, 1.165) is 11.3 Å². The third-order valence-corrected chi connectivity index (χ3v) is 3.50. The first-order valence-electron chi connectivity index (χ1n) is 8.98. The van der Waals surface area contributed by atoms with Gasteiger partial charge in [0.15, 0.2) is 0 Å². The third-order valence-electron chi connectivity index (χ3n) is 3.50. The summed E-state index contributed by atoms with van der Waals surface area (Å²) in [7, 11) is 0. The van der Waals surface area contributed by atoms with Gasteiger partial charge in [-0.2, -0.15) is 0 Å². The van der Waals surface area contributed by atoms with Crippen molar-refractivity contribution in [3.8, 4) is 0 Å². The predicted octanol–water partition coefficient (Wildman–Crippen LogP) is 3.65. The lowest BCUT2D eigenvalue weighted by Crippen LogP contribution is -2.32. The van der Waals surface area contributed by atoms with E-state index in [1.807, 2.05) is 43.9 Å². The molecule has 0 unspecified atom stereocenters. The van der Waals surface area contributed by atoms with Gasteiger partial charge in [0.25, 0.3) is 0 Å². The number of ether oxygens (including phenoxy) is 2. The minimum Gasteiger partial charge on any atom is -0.460 e. The minimum absolute atomic E-state index is 0.198. The molecule has 2 N–H and O–H groups in total. The number of nitrogen functional groups attached to an aromatic ring is 1. The summed E-state index contributed by atoms with van der Waals surface area (Å²) in [5, 5.41) is 0. The van der Waals surface area contributed by atoms with Crippen molar-refractivity contribution in [2.75, 3.05) is 36.9 Å². The van der Waals surface area contributed by atoms with E-state index in [9.17, 15) is 9.59 Å². The van der Waals surface area contributed by atoms with Crippen LogP contribution in [-0.2, 0) is 19.1 Å². The second-order valence-electron chi connectivity index (χ2n) is 5.86. The summed E-state index contributed by atoms with van der Waals surface area (Å²) in [5.41, 5.74) is 9.11. The van der Waals surface area contributed by atoms with Gasteiger partial charge in [-0.3, -0.25) is 0 Å². The number of rotatable bonds is 9. The summed E-state index contributed by atoms with van der Waals surface area (Å²) in [6.45, 7) is 17.5. The Hall–Kier alpha value is -2.76. The van der Waals surface area contributed by atoms with E-state index < -0.39 is 11.9 Å². The van der Waals surface area contributed by atoms with Gasteiger partial charge in [-0.15, -0.1) is 0 Å². The SMILES string of the molecule is C=C(C)C(=O)OCCN(CCOC(=O)C(=C)C)c1ccc(N)c(C)c1.CC. The average molecular weight is 376 g/mol. The molecule has 0 spiro atoms. The summed E-state index contributed by atoms with van der Waals surface area (Å²) in [6, 6.07) is 5.64. The molecule has 27 heavy (non-hydrogen) atoms. The van der Waals surface area contributed by atoms with E-state index in [0.29, 0.717) is 29.9 Å². The molecule has 6 nitrogen and oxygen atoms in total. The largest absolute Gasteiger partial charge is 0.460 e. The van der Waals surface area contributed by atoms with E-state index in [-0.39, 0.29) is 13.2 Å². The van der Waals surface area contributed by atoms with Crippen LogP contribution in [0.1, 0.15) is 33.3 Å². The van der Waals surface area contributed by atoms with Crippen molar-refractivity contribution in [1.82, 2.24) is 0 Å². The Kier molecular flexibility index (Phi) is 11.3. The lowest BCUT2D eigenvalue weighted by Gasteiger charge is -2.25. The maximum Gasteiger partial charge on any atom is 0.333 e. The predicted molar refractivity (Wildman–Crippen MR) is 111 cm³/mol. The number of nitrogens with zero attached hydrogens (tertiary/aromatic N) is 1. The van der Waals surface area contributed by atoms with E-state index in [4.69, 9.17) is 15.2 Å².